The Labute approximate surface area is 149 Å². The highest BCUT2D eigenvalue weighted by molar-refractivity contribution is 6.07. The Morgan fingerprint density at radius 3 is 2.73 bits per heavy atom. The summed E-state index contributed by atoms with van der Waals surface area (Å²) >= 11 is 0. The van der Waals surface area contributed by atoms with E-state index in [1.807, 2.05) is 36.4 Å². The minimum Gasteiger partial charge on any atom is -0.445 e. The average molecular weight is 349 g/mol. The molecular weight excluding hydrogens is 333 g/mol. The van der Waals surface area contributed by atoms with Crippen LogP contribution in [0.1, 0.15) is 22.8 Å². The molecule has 0 bridgehead atoms. The number of halogens is 1. The van der Waals surface area contributed by atoms with E-state index in [9.17, 15) is 14.0 Å². The van der Waals surface area contributed by atoms with E-state index in [0.717, 1.165) is 10.8 Å². The summed E-state index contributed by atoms with van der Waals surface area (Å²) in [6, 6.07) is 17.1. The topological polar surface area (TPSA) is 55.4 Å². The van der Waals surface area contributed by atoms with Crippen molar-refractivity contribution in [2.24, 2.45) is 0 Å². The van der Waals surface area contributed by atoms with Crippen molar-refractivity contribution in [2.75, 3.05) is 5.32 Å². The van der Waals surface area contributed by atoms with Gasteiger partial charge >= 0.3 is 5.97 Å². The van der Waals surface area contributed by atoms with Gasteiger partial charge in [-0.2, -0.15) is 0 Å². The third-order valence-electron chi connectivity index (χ3n) is 4.65. The maximum atomic E-state index is 13.5. The lowest BCUT2D eigenvalue weighted by Crippen LogP contribution is -2.49. The van der Waals surface area contributed by atoms with Gasteiger partial charge in [-0.1, -0.05) is 36.4 Å². The molecular formula is C21H16FNO3. The number of fused-ring (bicyclic) bond motifs is 2. The number of hydrogen-bond donors (Lipinski definition) is 1. The van der Waals surface area contributed by atoms with Crippen LogP contribution in [0.3, 0.4) is 0 Å². The zero-order valence-corrected chi connectivity index (χ0v) is 14.1. The number of carbonyl (C=O) groups excluding carboxylic acids is 2. The largest absolute Gasteiger partial charge is 0.445 e. The first-order chi connectivity index (χ1) is 12.5. The predicted molar refractivity (Wildman–Crippen MR) is 96.5 cm³/mol. The molecule has 3 aromatic rings. The van der Waals surface area contributed by atoms with Crippen LogP contribution in [-0.2, 0) is 16.0 Å². The molecule has 26 heavy (non-hydrogen) atoms. The summed E-state index contributed by atoms with van der Waals surface area (Å²) in [5, 5.41) is 4.73. The second-order valence-electron chi connectivity index (χ2n) is 6.58. The van der Waals surface area contributed by atoms with Crippen LogP contribution in [0.25, 0.3) is 10.8 Å². The Hall–Kier alpha value is -3.21. The molecule has 0 fully saturated rings. The van der Waals surface area contributed by atoms with Crippen molar-refractivity contribution >= 4 is 28.3 Å². The fourth-order valence-corrected chi connectivity index (χ4v) is 3.28. The summed E-state index contributed by atoms with van der Waals surface area (Å²) in [7, 11) is 0. The highest BCUT2D eigenvalue weighted by atomic mass is 19.1. The van der Waals surface area contributed by atoms with Crippen molar-refractivity contribution in [3.05, 3.63) is 77.6 Å². The number of cyclic esters (lactones) is 1. The Balaban J connectivity index is 1.66. The van der Waals surface area contributed by atoms with Crippen molar-refractivity contribution in [2.45, 2.75) is 18.9 Å². The molecule has 0 radical (unpaired) electrons. The normalized spacial score (nSPS) is 18.9. The lowest BCUT2D eigenvalue weighted by atomic mass is 9.89. The first kappa shape index (κ1) is 16.3. The molecule has 1 aliphatic rings. The summed E-state index contributed by atoms with van der Waals surface area (Å²) in [6.45, 7) is 1.54. The van der Waals surface area contributed by atoms with Crippen LogP contribution >= 0.6 is 0 Å². The summed E-state index contributed by atoms with van der Waals surface area (Å²) in [6.07, 6.45) is 0.114. The Kier molecular flexibility index (Phi) is 3.72. The lowest BCUT2D eigenvalue weighted by molar-refractivity contribution is -0.134. The number of benzene rings is 3. The molecule has 0 aromatic heterocycles. The summed E-state index contributed by atoms with van der Waals surface area (Å²) in [4.78, 5) is 25.1. The molecule has 1 amide bonds. The van der Waals surface area contributed by atoms with Crippen molar-refractivity contribution < 1.29 is 18.7 Å². The average Bonchev–Trinajstić information content (AvgIpc) is 2.61. The van der Waals surface area contributed by atoms with Gasteiger partial charge in [-0.05, 0) is 42.1 Å². The van der Waals surface area contributed by atoms with E-state index in [1.54, 1.807) is 13.0 Å². The molecule has 0 saturated heterocycles. The number of esters is 1. The van der Waals surface area contributed by atoms with E-state index in [-0.39, 0.29) is 6.42 Å². The Morgan fingerprint density at radius 1 is 1.12 bits per heavy atom. The number of nitrogens with one attached hydrogen (secondary N) is 1. The monoisotopic (exact) mass is 349 g/mol. The van der Waals surface area contributed by atoms with Gasteiger partial charge < -0.3 is 10.1 Å². The highest BCUT2D eigenvalue weighted by Crippen LogP contribution is 2.31. The smallest absolute Gasteiger partial charge is 0.339 e. The van der Waals surface area contributed by atoms with Gasteiger partial charge in [0, 0.05) is 17.5 Å². The maximum absolute atomic E-state index is 13.5. The third kappa shape index (κ3) is 2.71. The van der Waals surface area contributed by atoms with Crippen molar-refractivity contribution in [1.82, 2.24) is 0 Å². The van der Waals surface area contributed by atoms with Crippen LogP contribution in [0.4, 0.5) is 10.1 Å². The summed E-state index contributed by atoms with van der Waals surface area (Å²) in [5.74, 6) is -1.52. The fraction of sp³-hybridized carbons (Fsp3) is 0.143. The van der Waals surface area contributed by atoms with Crippen LogP contribution in [0.2, 0.25) is 0 Å². The predicted octanol–water partition coefficient (Wildman–Crippen LogP) is 4.09. The number of amides is 1. The zero-order valence-electron chi connectivity index (χ0n) is 14.1. The van der Waals surface area contributed by atoms with Gasteiger partial charge in [0.1, 0.15) is 5.82 Å². The first-order valence-electron chi connectivity index (χ1n) is 8.27. The van der Waals surface area contributed by atoms with Gasteiger partial charge in [0.05, 0.1) is 5.56 Å². The molecule has 4 rings (SSSR count). The molecule has 1 heterocycles. The van der Waals surface area contributed by atoms with Crippen LogP contribution < -0.4 is 5.32 Å². The number of carbonyl (C=O) groups is 2. The fourth-order valence-electron chi connectivity index (χ4n) is 3.28. The van der Waals surface area contributed by atoms with Gasteiger partial charge in [-0.25, -0.2) is 9.18 Å². The van der Waals surface area contributed by atoms with E-state index >= 15 is 0 Å². The minimum atomic E-state index is -1.41. The van der Waals surface area contributed by atoms with Gasteiger partial charge in [0.25, 0.3) is 5.91 Å². The van der Waals surface area contributed by atoms with E-state index < -0.39 is 23.3 Å². The number of hydrogen-bond acceptors (Lipinski definition) is 3. The molecule has 1 N–H and O–H groups in total. The molecule has 5 heteroatoms. The maximum Gasteiger partial charge on any atom is 0.339 e. The van der Waals surface area contributed by atoms with Crippen LogP contribution in [0.5, 0.6) is 0 Å². The minimum absolute atomic E-state index is 0.114. The van der Waals surface area contributed by atoms with E-state index in [4.69, 9.17) is 4.74 Å². The Bertz CT molecular complexity index is 1040. The first-order valence-corrected chi connectivity index (χ1v) is 8.27. The van der Waals surface area contributed by atoms with Crippen molar-refractivity contribution in [3.8, 4) is 0 Å². The second kappa shape index (κ2) is 5.95. The summed E-state index contributed by atoms with van der Waals surface area (Å²) < 4.78 is 19.0. The number of ether oxygens (including phenoxy) is 1. The van der Waals surface area contributed by atoms with Crippen LogP contribution in [0.15, 0.2) is 60.7 Å². The van der Waals surface area contributed by atoms with Gasteiger partial charge in [-0.3, -0.25) is 4.79 Å². The number of anilines is 1. The van der Waals surface area contributed by atoms with Gasteiger partial charge in [-0.15, -0.1) is 0 Å². The van der Waals surface area contributed by atoms with Crippen molar-refractivity contribution in [1.29, 1.82) is 0 Å². The second-order valence-corrected chi connectivity index (χ2v) is 6.58. The van der Waals surface area contributed by atoms with E-state index in [0.29, 0.717) is 16.8 Å². The van der Waals surface area contributed by atoms with Crippen LogP contribution in [0, 0.1) is 5.82 Å². The van der Waals surface area contributed by atoms with Crippen molar-refractivity contribution in [3.63, 3.8) is 0 Å². The third-order valence-corrected chi connectivity index (χ3v) is 4.65. The Morgan fingerprint density at radius 2 is 1.88 bits per heavy atom. The molecule has 4 nitrogen and oxygen atoms in total. The van der Waals surface area contributed by atoms with E-state index in [2.05, 4.69) is 5.32 Å². The quantitative estimate of drug-likeness (QED) is 0.709. The highest BCUT2D eigenvalue weighted by Gasteiger charge is 2.43. The van der Waals surface area contributed by atoms with Gasteiger partial charge in [0.2, 0.25) is 0 Å². The standard InChI is InChI=1S/C21H16FNO3/c1-21(12-14-11-15(22)9-10-17(14)19(24)26-21)20(25)23-18-8-4-6-13-5-2-3-7-16(13)18/h2-11H,12H2,1H3,(H,23,25). The van der Waals surface area contributed by atoms with E-state index in [1.165, 1.54) is 18.2 Å². The molecule has 3 aromatic carbocycles. The molecule has 1 unspecified atom stereocenters. The molecule has 1 aliphatic heterocycles. The lowest BCUT2D eigenvalue weighted by Gasteiger charge is -2.33. The molecule has 130 valence electrons. The van der Waals surface area contributed by atoms with Gasteiger partial charge in [0.15, 0.2) is 5.60 Å². The number of rotatable bonds is 2. The SMILES string of the molecule is CC1(C(=O)Nc2cccc3ccccc23)Cc2cc(F)ccc2C(=O)O1. The van der Waals surface area contributed by atoms with Crippen LogP contribution in [-0.4, -0.2) is 17.5 Å². The molecule has 0 saturated carbocycles. The molecule has 0 aliphatic carbocycles. The molecule has 0 spiro atoms. The zero-order chi connectivity index (χ0) is 18.3. The summed E-state index contributed by atoms with van der Waals surface area (Å²) in [5.41, 5.74) is -0.0106. The molecule has 1 atom stereocenters.